The van der Waals surface area contributed by atoms with Crippen molar-refractivity contribution >= 4 is 23.5 Å². The summed E-state index contributed by atoms with van der Waals surface area (Å²) in [6.07, 6.45) is 3.19. The fourth-order valence-electron chi connectivity index (χ4n) is 2.86. The Balaban J connectivity index is 1.81. The number of halogens is 1. The van der Waals surface area contributed by atoms with E-state index < -0.39 is 0 Å². The van der Waals surface area contributed by atoms with Crippen LogP contribution in [0.25, 0.3) is 6.08 Å². The lowest BCUT2D eigenvalue weighted by atomic mass is 10.1. The molecule has 2 aromatic carbocycles. The number of ether oxygens (including phenoxy) is 2. The highest BCUT2D eigenvalue weighted by atomic mass is 35.5. The number of carbonyl (C=O) groups is 1. The third-order valence-corrected chi connectivity index (χ3v) is 4.75. The van der Waals surface area contributed by atoms with Crippen molar-refractivity contribution in [1.29, 1.82) is 0 Å². The lowest BCUT2D eigenvalue weighted by Crippen LogP contribution is -2.01. The van der Waals surface area contributed by atoms with Crippen LogP contribution in [0.5, 0.6) is 11.5 Å². The fraction of sp³-hybridized carbons (Fsp3) is 0.182. The van der Waals surface area contributed by atoms with Crippen LogP contribution in [-0.4, -0.2) is 29.8 Å². The van der Waals surface area contributed by atoms with Crippen molar-refractivity contribution in [2.24, 2.45) is 0 Å². The van der Waals surface area contributed by atoms with Crippen LogP contribution in [0.4, 0.5) is 0 Å². The molecule has 1 aromatic heterocycles. The van der Waals surface area contributed by atoms with E-state index in [9.17, 15) is 4.79 Å². The Kier molecular flexibility index (Phi) is 6.16. The molecule has 5 nitrogen and oxygen atoms in total. The highest BCUT2D eigenvalue weighted by Gasteiger charge is 2.13. The number of aryl methyl sites for hydroxylation is 1. The third kappa shape index (κ3) is 4.26. The summed E-state index contributed by atoms with van der Waals surface area (Å²) in [5, 5.41) is 4.99. The number of carbonyl (C=O) groups excluding carboxylic acids is 1. The van der Waals surface area contributed by atoms with Crippen molar-refractivity contribution in [2.75, 3.05) is 14.2 Å². The molecule has 6 heteroatoms. The molecule has 28 heavy (non-hydrogen) atoms. The van der Waals surface area contributed by atoms with Gasteiger partial charge in [-0.05, 0) is 42.8 Å². The predicted octanol–water partition coefficient (Wildman–Crippen LogP) is 4.81. The highest BCUT2D eigenvalue weighted by Crippen LogP contribution is 2.28. The lowest BCUT2D eigenvalue weighted by molar-refractivity contribution is 0.104. The summed E-state index contributed by atoms with van der Waals surface area (Å²) in [6.45, 7) is 2.44. The van der Waals surface area contributed by atoms with Gasteiger partial charge in [-0.2, -0.15) is 5.10 Å². The van der Waals surface area contributed by atoms with E-state index in [2.05, 4.69) is 5.10 Å². The van der Waals surface area contributed by atoms with Gasteiger partial charge in [0.1, 0.15) is 5.15 Å². The Bertz CT molecular complexity index is 1010. The average molecular weight is 397 g/mol. The standard InChI is InChI=1S/C22H21ClN2O3/c1-15-18(22(23)25(24-15)14-16-7-5-4-6-8-16)10-11-19(26)17-9-12-20(27-2)21(13-17)28-3/h4-13H,14H2,1-3H3/b11-10+. The molecule has 0 saturated carbocycles. The summed E-state index contributed by atoms with van der Waals surface area (Å²) < 4.78 is 12.2. The minimum Gasteiger partial charge on any atom is -0.493 e. The molecule has 0 bridgehead atoms. The zero-order valence-corrected chi connectivity index (χ0v) is 16.7. The number of hydrogen-bond acceptors (Lipinski definition) is 4. The van der Waals surface area contributed by atoms with Gasteiger partial charge in [0.2, 0.25) is 0 Å². The number of nitrogens with zero attached hydrogens (tertiary/aromatic N) is 2. The molecule has 0 atom stereocenters. The topological polar surface area (TPSA) is 53.3 Å². The fourth-order valence-corrected chi connectivity index (χ4v) is 3.16. The van der Waals surface area contributed by atoms with Gasteiger partial charge >= 0.3 is 0 Å². The van der Waals surface area contributed by atoms with Gasteiger partial charge in [0, 0.05) is 11.1 Å². The van der Waals surface area contributed by atoms with Crippen molar-refractivity contribution in [1.82, 2.24) is 9.78 Å². The minimum absolute atomic E-state index is 0.160. The van der Waals surface area contributed by atoms with E-state index in [0.29, 0.717) is 28.8 Å². The van der Waals surface area contributed by atoms with Crippen LogP contribution in [-0.2, 0) is 6.54 Å². The van der Waals surface area contributed by atoms with E-state index in [1.807, 2.05) is 37.3 Å². The summed E-state index contributed by atoms with van der Waals surface area (Å²) in [4.78, 5) is 12.6. The van der Waals surface area contributed by atoms with Gasteiger partial charge in [-0.1, -0.05) is 41.9 Å². The average Bonchev–Trinajstić information content (AvgIpc) is 2.99. The number of aromatic nitrogens is 2. The molecule has 0 aliphatic heterocycles. The Morgan fingerprint density at radius 1 is 1.11 bits per heavy atom. The predicted molar refractivity (Wildman–Crippen MR) is 110 cm³/mol. The summed E-state index contributed by atoms with van der Waals surface area (Å²) in [7, 11) is 3.09. The summed E-state index contributed by atoms with van der Waals surface area (Å²) in [5.41, 5.74) is 3.09. The van der Waals surface area contributed by atoms with Gasteiger partial charge in [-0.25, -0.2) is 4.68 Å². The second kappa shape index (κ2) is 8.76. The molecular weight excluding hydrogens is 376 g/mol. The highest BCUT2D eigenvalue weighted by molar-refractivity contribution is 6.31. The lowest BCUT2D eigenvalue weighted by Gasteiger charge is -2.08. The summed E-state index contributed by atoms with van der Waals surface area (Å²) in [5.74, 6) is 0.919. The van der Waals surface area contributed by atoms with Gasteiger partial charge in [0.05, 0.1) is 26.5 Å². The van der Waals surface area contributed by atoms with Crippen molar-refractivity contribution in [3.05, 3.63) is 82.1 Å². The minimum atomic E-state index is -0.160. The molecule has 0 aliphatic rings. The maximum absolute atomic E-state index is 12.6. The van der Waals surface area contributed by atoms with Crippen LogP contribution < -0.4 is 9.47 Å². The van der Waals surface area contributed by atoms with Crippen LogP contribution in [0.3, 0.4) is 0 Å². The van der Waals surface area contributed by atoms with E-state index in [4.69, 9.17) is 21.1 Å². The zero-order chi connectivity index (χ0) is 20.1. The molecule has 0 unspecified atom stereocenters. The van der Waals surface area contributed by atoms with Gasteiger partial charge in [0.15, 0.2) is 17.3 Å². The number of allylic oxidation sites excluding steroid dienone is 1. The van der Waals surface area contributed by atoms with Crippen molar-refractivity contribution in [2.45, 2.75) is 13.5 Å². The molecule has 0 amide bonds. The van der Waals surface area contributed by atoms with E-state index in [0.717, 1.165) is 16.8 Å². The molecule has 144 valence electrons. The van der Waals surface area contributed by atoms with Gasteiger partial charge < -0.3 is 9.47 Å². The van der Waals surface area contributed by atoms with Crippen molar-refractivity contribution in [3.63, 3.8) is 0 Å². The molecule has 0 aliphatic carbocycles. The SMILES string of the molecule is COc1ccc(C(=O)/C=C/c2c(C)nn(Cc3ccccc3)c2Cl)cc1OC. The van der Waals surface area contributed by atoms with Crippen LogP contribution in [0.15, 0.2) is 54.6 Å². The first kappa shape index (κ1) is 19.7. The normalized spacial score (nSPS) is 11.0. The van der Waals surface area contributed by atoms with E-state index in [-0.39, 0.29) is 5.78 Å². The molecule has 3 aromatic rings. The van der Waals surface area contributed by atoms with Crippen LogP contribution in [0.2, 0.25) is 5.15 Å². The monoisotopic (exact) mass is 396 g/mol. The van der Waals surface area contributed by atoms with E-state index in [1.165, 1.54) is 13.2 Å². The van der Waals surface area contributed by atoms with E-state index in [1.54, 1.807) is 36.1 Å². The third-order valence-electron chi connectivity index (χ3n) is 4.35. The van der Waals surface area contributed by atoms with Crippen LogP contribution >= 0.6 is 11.6 Å². The van der Waals surface area contributed by atoms with E-state index >= 15 is 0 Å². The van der Waals surface area contributed by atoms with Gasteiger partial charge in [-0.15, -0.1) is 0 Å². The van der Waals surface area contributed by atoms with Crippen LogP contribution in [0.1, 0.15) is 27.2 Å². The molecule has 0 radical (unpaired) electrons. The van der Waals surface area contributed by atoms with Crippen LogP contribution in [0, 0.1) is 6.92 Å². The van der Waals surface area contributed by atoms with Crippen molar-refractivity contribution < 1.29 is 14.3 Å². The second-order valence-corrected chi connectivity index (χ2v) is 6.56. The smallest absolute Gasteiger partial charge is 0.185 e. The Morgan fingerprint density at radius 3 is 2.50 bits per heavy atom. The Morgan fingerprint density at radius 2 is 1.82 bits per heavy atom. The summed E-state index contributed by atoms with van der Waals surface area (Å²) >= 11 is 6.50. The number of rotatable bonds is 7. The number of benzene rings is 2. The molecule has 1 heterocycles. The molecule has 3 rings (SSSR count). The van der Waals surface area contributed by atoms with Gasteiger partial charge in [-0.3, -0.25) is 4.79 Å². The Labute approximate surface area is 169 Å². The number of methoxy groups -OCH3 is 2. The molecular formula is C22H21ClN2O3. The maximum atomic E-state index is 12.6. The van der Waals surface area contributed by atoms with Gasteiger partial charge in [0.25, 0.3) is 0 Å². The molecule has 0 fully saturated rings. The first-order valence-electron chi connectivity index (χ1n) is 8.74. The largest absolute Gasteiger partial charge is 0.493 e. The second-order valence-electron chi connectivity index (χ2n) is 6.20. The maximum Gasteiger partial charge on any atom is 0.185 e. The first-order valence-corrected chi connectivity index (χ1v) is 9.12. The molecule has 0 spiro atoms. The number of ketones is 1. The quantitative estimate of drug-likeness (QED) is 0.425. The number of hydrogen-bond donors (Lipinski definition) is 0. The summed E-state index contributed by atoms with van der Waals surface area (Å²) in [6, 6.07) is 15.0. The first-order chi connectivity index (χ1) is 13.5. The molecule has 0 saturated heterocycles. The van der Waals surface area contributed by atoms with Crippen molar-refractivity contribution in [3.8, 4) is 11.5 Å². The zero-order valence-electron chi connectivity index (χ0n) is 16.0. The Hall–Kier alpha value is -3.05. The molecule has 0 N–H and O–H groups in total.